The van der Waals surface area contributed by atoms with Gasteiger partial charge in [0.25, 0.3) is 0 Å². The number of anilines is 1. The summed E-state index contributed by atoms with van der Waals surface area (Å²) in [6.07, 6.45) is 5.83. The van der Waals surface area contributed by atoms with Crippen molar-refractivity contribution in [3.63, 3.8) is 0 Å². The van der Waals surface area contributed by atoms with Crippen molar-refractivity contribution in [2.24, 2.45) is 0 Å². The number of amides is 1. The maximum atomic E-state index is 12.3. The highest BCUT2D eigenvalue weighted by Crippen LogP contribution is 2.23. The molecule has 0 aliphatic heterocycles. The summed E-state index contributed by atoms with van der Waals surface area (Å²) in [4.78, 5) is 25.4. The first-order valence-electron chi connectivity index (χ1n) is 11.5. The Labute approximate surface area is 211 Å². The fourth-order valence-corrected chi connectivity index (χ4v) is 4.65. The molecule has 3 rings (SSSR count). The second kappa shape index (κ2) is 13.8. The predicted octanol–water partition coefficient (Wildman–Crippen LogP) is 7.20. The Balaban J connectivity index is 1.35. The van der Waals surface area contributed by atoms with E-state index >= 15 is 0 Å². The van der Waals surface area contributed by atoms with Crippen LogP contribution in [-0.2, 0) is 22.4 Å². The Kier molecular flexibility index (Phi) is 10.5. The molecular formula is C28H30ClNO3S. The zero-order chi connectivity index (χ0) is 24.2. The molecule has 0 aliphatic rings. The summed E-state index contributed by atoms with van der Waals surface area (Å²) in [6, 6.07) is 23.8. The average molecular weight is 496 g/mol. The van der Waals surface area contributed by atoms with Crippen molar-refractivity contribution in [1.29, 1.82) is 0 Å². The van der Waals surface area contributed by atoms with Gasteiger partial charge in [-0.25, -0.2) is 4.79 Å². The zero-order valence-electron chi connectivity index (χ0n) is 19.4. The second-order valence-electron chi connectivity index (χ2n) is 8.02. The number of hydrogen-bond donors (Lipinski definition) is 1. The van der Waals surface area contributed by atoms with E-state index in [9.17, 15) is 9.59 Å². The lowest BCUT2D eigenvalue weighted by molar-refractivity contribution is -0.116. The number of hydrogen-bond acceptors (Lipinski definition) is 4. The molecule has 3 aromatic carbocycles. The van der Waals surface area contributed by atoms with Crippen LogP contribution in [-0.4, -0.2) is 24.7 Å². The topological polar surface area (TPSA) is 55.4 Å². The molecule has 3 aromatic rings. The van der Waals surface area contributed by atoms with Crippen LogP contribution in [0.5, 0.6) is 0 Å². The molecule has 0 atom stereocenters. The first kappa shape index (κ1) is 25.9. The third-order valence-electron chi connectivity index (χ3n) is 5.44. The van der Waals surface area contributed by atoms with Crippen LogP contribution in [0.15, 0.2) is 77.7 Å². The van der Waals surface area contributed by atoms with E-state index in [-0.39, 0.29) is 16.5 Å². The minimum atomic E-state index is -0.536. The monoisotopic (exact) mass is 495 g/mol. The number of benzene rings is 3. The molecule has 0 saturated carbocycles. The SMILES string of the molecule is COC(=O)c1cc(NC(=O)CCc2ccc(SCCCCCc3ccccc3)cc2)ccc1Cl. The lowest BCUT2D eigenvalue weighted by atomic mass is 10.1. The van der Waals surface area contributed by atoms with E-state index in [2.05, 4.69) is 59.9 Å². The molecule has 34 heavy (non-hydrogen) atoms. The molecule has 0 unspecified atom stereocenters. The molecule has 0 radical (unpaired) electrons. The zero-order valence-corrected chi connectivity index (χ0v) is 21.0. The highest BCUT2D eigenvalue weighted by atomic mass is 35.5. The fraction of sp³-hybridized carbons (Fsp3) is 0.286. The Hall–Kier alpha value is -2.76. The van der Waals surface area contributed by atoms with Crippen LogP contribution in [0.1, 0.15) is 47.2 Å². The van der Waals surface area contributed by atoms with Crippen molar-refractivity contribution in [2.75, 3.05) is 18.2 Å². The molecular weight excluding hydrogens is 466 g/mol. The van der Waals surface area contributed by atoms with Crippen molar-refractivity contribution >= 4 is 40.9 Å². The molecule has 0 aromatic heterocycles. The Morgan fingerprint density at radius 2 is 1.62 bits per heavy atom. The molecule has 0 saturated heterocycles. The summed E-state index contributed by atoms with van der Waals surface area (Å²) in [5.74, 6) is 0.462. The maximum Gasteiger partial charge on any atom is 0.339 e. The number of nitrogens with one attached hydrogen (secondary N) is 1. The van der Waals surface area contributed by atoms with Crippen LogP contribution in [0.2, 0.25) is 5.02 Å². The van der Waals surface area contributed by atoms with Gasteiger partial charge in [-0.1, -0.05) is 60.5 Å². The van der Waals surface area contributed by atoms with Crippen LogP contribution in [0.3, 0.4) is 0 Å². The highest BCUT2D eigenvalue weighted by molar-refractivity contribution is 7.99. The summed E-state index contributed by atoms with van der Waals surface area (Å²) in [6.45, 7) is 0. The number of methoxy groups -OCH3 is 1. The van der Waals surface area contributed by atoms with E-state index in [0.717, 1.165) is 17.7 Å². The number of rotatable bonds is 12. The summed E-state index contributed by atoms with van der Waals surface area (Å²) in [5.41, 5.74) is 3.28. The van der Waals surface area contributed by atoms with Gasteiger partial charge in [-0.05, 0) is 72.9 Å². The number of ether oxygens (including phenoxy) is 1. The predicted molar refractivity (Wildman–Crippen MR) is 141 cm³/mol. The van der Waals surface area contributed by atoms with Crippen LogP contribution in [0.4, 0.5) is 5.69 Å². The van der Waals surface area contributed by atoms with Crippen molar-refractivity contribution in [3.8, 4) is 0 Å². The minimum absolute atomic E-state index is 0.118. The first-order valence-corrected chi connectivity index (χ1v) is 12.8. The van der Waals surface area contributed by atoms with Crippen LogP contribution in [0, 0.1) is 0 Å². The van der Waals surface area contributed by atoms with Gasteiger partial charge in [-0.15, -0.1) is 11.8 Å². The lowest BCUT2D eigenvalue weighted by Crippen LogP contribution is -2.13. The van der Waals surface area contributed by atoms with Gasteiger partial charge in [0.2, 0.25) is 5.91 Å². The van der Waals surface area contributed by atoms with Gasteiger partial charge in [0, 0.05) is 17.0 Å². The van der Waals surface area contributed by atoms with E-state index in [4.69, 9.17) is 16.3 Å². The van der Waals surface area contributed by atoms with Gasteiger partial charge in [0.05, 0.1) is 17.7 Å². The molecule has 0 aliphatic carbocycles. The summed E-state index contributed by atoms with van der Waals surface area (Å²) >= 11 is 7.90. The molecule has 4 nitrogen and oxygen atoms in total. The maximum absolute atomic E-state index is 12.3. The molecule has 0 heterocycles. The second-order valence-corrected chi connectivity index (χ2v) is 9.60. The van der Waals surface area contributed by atoms with E-state index in [1.807, 2.05) is 11.8 Å². The van der Waals surface area contributed by atoms with Gasteiger partial charge in [0.1, 0.15) is 0 Å². The summed E-state index contributed by atoms with van der Waals surface area (Å²) in [7, 11) is 1.29. The van der Waals surface area contributed by atoms with E-state index in [0.29, 0.717) is 18.5 Å². The molecule has 178 valence electrons. The van der Waals surface area contributed by atoms with E-state index < -0.39 is 5.97 Å². The third kappa shape index (κ3) is 8.54. The van der Waals surface area contributed by atoms with E-state index in [1.165, 1.54) is 42.9 Å². The molecule has 1 amide bonds. The first-order chi connectivity index (χ1) is 16.5. The average Bonchev–Trinajstić information content (AvgIpc) is 2.87. The minimum Gasteiger partial charge on any atom is -0.465 e. The number of carbonyl (C=O) groups is 2. The number of unbranched alkanes of at least 4 members (excludes halogenated alkanes) is 2. The van der Waals surface area contributed by atoms with Gasteiger partial charge < -0.3 is 10.1 Å². The smallest absolute Gasteiger partial charge is 0.339 e. The molecule has 6 heteroatoms. The fourth-order valence-electron chi connectivity index (χ4n) is 3.55. The van der Waals surface area contributed by atoms with Gasteiger partial charge >= 0.3 is 5.97 Å². The van der Waals surface area contributed by atoms with Gasteiger partial charge in [-0.2, -0.15) is 0 Å². The molecule has 0 spiro atoms. The van der Waals surface area contributed by atoms with Crippen molar-refractivity contribution in [2.45, 2.75) is 43.4 Å². The highest BCUT2D eigenvalue weighted by Gasteiger charge is 2.12. The van der Waals surface area contributed by atoms with Crippen LogP contribution >= 0.6 is 23.4 Å². The number of aryl methyl sites for hydroxylation is 2. The van der Waals surface area contributed by atoms with E-state index in [1.54, 1.807) is 12.1 Å². The molecule has 0 fully saturated rings. The van der Waals surface area contributed by atoms with Crippen LogP contribution < -0.4 is 5.32 Å². The lowest BCUT2D eigenvalue weighted by Gasteiger charge is -2.09. The molecule has 1 N–H and O–H groups in total. The Bertz CT molecular complexity index is 1070. The third-order valence-corrected chi connectivity index (χ3v) is 6.87. The van der Waals surface area contributed by atoms with Crippen molar-refractivity contribution < 1.29 is 14.3 Å². The van der Waals surface area contributed by atoms with Crippen molar-refractivity contribution in [3.05, 3.63) is 94.5 Å². The van der Waals surface area contributed by atoms with Crippen molar-refractivity contribution in [1.82, 2.24) is 0 Å². The van der Waals surface area contributed by atoms with Gasteiger partial charge in [-0.3, -0.25) is 4.79 Å². The Morgan fingerprint density at radius 3 is 2.35 bits per heavy atom. The number of esters is 1. The standard InChI is InChI=1S/C28H30ClNO3S/c1-33-28(32)25-20-23(14-17-26(25)29)30-27(31)18-13-22-11-15-24(16-12-22)34-19-7-3-6-10-21-8-4-2-5-9-21/h2,4-5,8-9,11-12,14-17,20H,3,6-7,10,13,18-19H2,1H3,(H,30,31). The largest absolute Gasteiger partial charge is 0.465 e. The van der Waals surface area contributed by atoms with Crippen LogP contribution in [0.25, 0.3) is 0 Å². The number of carbonyl (C=O) groups excluding carboxylic acids is 2. The quantitative estimate of drug-likeness (QED) is 0.164. The Morgan fingerprint density at radius 1 is 0.882 bits per heavy atom. The normalized spacial score (nSPS) is 10.6. The summed E-state index contributed by atoms with van der Waals surface area (Å²) in [5, 5.41) is 3.10. The summed E-state index contributed by atoms with van der Waals surface area (Å²) < 4.78 is 4.71. The number of thioether (sulfide) groups is 1. The van der Waals surface area contributed by atoms with Gasteiger partial charge in [0.15, 0.2) is 0 Å². The number of halogens is 1. The molecule has 0 bridgehead atoms.